The van der Waals surface area contributed by atoms with Crippen LogP contribution in [0.5, 0.6) is 0 Å². The third-order valence-electron chi connectivity index (χ3n) is 3.13. The van der Waals surface area contributed by atoms with Gasteiger partial charge in [0.1, 0.15) is 4.90 Å². The van der Waals surface area contributed by atoms with E-state index in [4.69, 9.17) is 10.9 Å². The molecule has 0 amide bonds. The average Bonchev–Trinajstić information content (AvgIpc) is 2.29. The number of anilines is 2. The standard InChI is InChI=1S/C14H25N3O2S/c1-10(2)5-4-6-11(3)17-13-8-7-12(15)9-14(13)20(16,18)19/h7-11,17H,4-6,15H2,1-3H3,(H2,16,18,19). The van der Waals surface area contributed by atoms with Crippen LogP contribution < -0.4 is 16.2 Å². The van der Waals surface area contributed by atoms with E-state index >= 15 is 0 Å². The van der Waals surface area contributed by atoms with Gasteiger partial charge in [0.05, 0.1) is 5.69 Å². The summed E-state index contributed by atoms with van der Waals surface area (Å²) in [7, 11) is -3.78. The summed E-state index contributed by atoms with van der Waals surface area (Å²) in [6, 6.07) is 4.89. The van der Waals surface area contributed by atoms with E-state index in [1.54, 1.807) is 12.1 Å². The number of nitrogens with two attached hydrogens (primary N) is 2. The molecule has 1 rings (SSSR count). The maximum atomic E-state index is 11.6. The van der Waals surface area contributed by atoms with Crippen molar-refractivity contribution in [1.29, 1.82) is 0 Å². The Labute approximate surface area is 121 Å². The number of hydrogen-bond donors (Lipinski definition) is 3. The van der Waals surface area contributed by atoms with Gasteiger partial charge in [0.25, 0.3) is 0 Å². The molecule has 0 saturated carbocycles. The van der Waals surface area contributed by atoms with E-state index in [0.717, 1.165) is 19.3 Å². The molecule has 1 unspecified atom stereocenters. The first-order valence-corrected chi connectivity index (χ1v) is 8.43. The fraction of sp³-hybridized carbons (Fsp3) is 0.571. The third kappa shape index (κ3) is 5.38. The minimum absolute atomic E-state index is 0.0493. The second-order valence-corrected chi connectivity index (χ2v) is 7.20. The van der Waals surface area contributed by atoms with Gasteiger partial charge >= 0.3 is 0 Å². The first-order valence-electron chi connectivity index (χ1n) is 6.89. The molecule has 0 radical (unpaired) electrons. The van der Waals surface area contributed by atoms with Crippen LogP contribution >= 0.6 is 0 Å². The highest BCUT2D eigenvalue weighted by Crippen LogP contribution is 2.24. The molecule has 0 bridgehead atoms. The summed E-state index contributed by atoms with van der Waals surface area (Å²) in [5.41, 5.74) is 6.51. The van der Waals surface area contributed by atoms with Gasteiger partial charge in [-0.15, -0.1) is 0 Å². The summed E-state index contributed by atoms with van der Waals surface area (Å²) >= 11 is 0. The molecule has 0 aromatic heterocycles. The van der Waals surface area contributed by atoms with E-state index in [2.05, 4.69) is 19.2 Å². The van der Waals surface area contributed by atoms with Crippen molar-refractivity contribution >= 4 is 21.4 Å². The van der Waals surface area contributed by atoms with E-state index in [-0.39, 0.29) is 10.9 Å². The number of sulfonamides is 1. The number of primary sulfonamides is 1. The van der Waals surface area contributed by atoms with E-state index in [9.17, 15) is 8.42 Å². The molecule has 0 heterocycles. The molecule has 114 valence electrons. The van der Waals surface area contributed by atoms with Gasteiger partial charge in [-0.2, -0.15) is 0 Å². The van der Waals surface area contributed by atoms with Crippen molar-refractivity contribution in [3.05, 3.63) is 18.2 Å². The van der Waals surface area contributed by atoms with Crippen LogP contribution in [-0.2, 0) is 10.0 Å². The molecule has 1 aromatic rings. The first-order chi connectivity index (χ1) is 9.20. The summed E-state index contributed by atoms with van der Waals surface area (Å²) < 4.78 is 23.1. The highest BCUT2D eigenvalue weighted by Gasteiger charge is 2.15. The maximum Gasteiger partial charge on any atom is 0.240 e. The monoisotopic (exact) mass is 299 g/mol. The minimum atomic E-state index is -3.78. The average molecular weight is 299 g/mol. The van der Waals surface area contributed by atoms with Gasteiger partial charge in [-0.25, -0.2) is 13.6 Å². The van der Waals surface area contributed by atoms with Crippen LogP contribution in [0.15, 0.2) is 23.1 Å². The Kier molecular flexibility index (Phi) is 5.83. The van der Waals surface area contributed by atoms with Crippen molar-refractivity contribution in [3.63, 3.8) is 0 Å². The van der Waals surface area contributed by atoms with Gasteiger partial charge in [-0.1, -0.05) is 26.7 Å². The highest BCUT2D eigenvalue weighted by atomic mass is 32.2. The summed E-state index contributed by atoms with van der Waals surface area (Å²) in [5.74, 6) is 0.679. The molecule has 0 aliphatic carbocycles. The Morgan fingerprint density at radius 1 is 1.20 bits per heavy atom. The molecule has 0 aliphatic rings. The van der Waals surface area contributed by atoms with Crippen LogP contribution in [0, 0.1) is 5.92 Å². The second-order valence-electron chi connectivity index (χ2n) is 5.67. The van der Waals surface area contributed by atoms with Crippen LogP contribution in [0.4, 0.5) is 11.4 Å². The number of nitrogens with one attached hydrogen (secondary N) is 1. The molecule has 0 aliphatic heterocycles. The zero-order valence-corrected chi connectivity index (χ0v) is 13.2. The van der Waals surface area contributed by atoms with Crippen molar-refractivity contribution in [2.75, 3.05) is 11.1 Å². The molecule has 6 heteroatoms. The van der Waals surface area contributed by atoms with Crippen molar-refractivity contribution in [2.24, 2.45) is 11.1 Å². The lowest BCUT2D eigenvalue weighted by molar-refractivity contribution is 0.520. The predicted molar refractivity (Wildman–Crippen MR) is 84.0 cm³/mol. The number of nitrogen functional groups attached to an aromatic ring is 1. The normalized spacial score (nSPS) is 13.4. The Morgan fingerprint density at radius 2 is 1.85 bits per heavy atom. The predicted octanol–water partition coefficient (Wildman–Crippen LogP) is 2.54. The molecule has 1 aromatic carbocycles. The minimum Gasteiger partial charge on any atom is -0.399 e. The zero-order chi connectivity index (χ0) is 15.3. The molecule has 5 nitrogen and oxygen atoms in total. The smallest absolute Gasteiger partial charge is 0.240 e. The molecule has 20 heavy (non-hydrogen) atoms. The van der Waals surface area contributed by atoms with Gasteiger partial charge in [-0.05, 0) is 37.5 Å². The lowest BCUT2D eigenvalue weighted by Gasteiger charge is -2.18. The van der Waals surface area contributed by atoms with E-state index in [1.165, 1.54) is 6.07 Å². The first kappa shape index (κ1) is 16.8. The molecule has 0 spiro atoms. The largest absolute Gasteiger partial charge is 0.399 e. The van der Waals surface area contributed by atoms with Crippen LogP contribution in [0.2, 0.25) is 0 Å². The van der Waals surface area contributed by atoms with Crippen LogP contribution in [0.3, 0.4) is 0 Å². The lowest BCUT2D eigenvalue weighted by atomic mass is 10.0. The van der Waals surface area contributed by atoms with Gasteiger partial charge in [-0.3, -0.25) is 0 Å². The van der Waals surface area contributed by atoms with Crippen molar-refractivity contribution in [3.8, 4) is 0 Å². The summed E-state index contributed by atoms with van der Waals surface area (Å²) in [5, 5.41) is 8.42. The summed E-state index contributed by atoms with van der Waals surface area (Å²) in [6.07, 6.45) is 3.24. The Bertz CT molecular complexity index is 541. The fourth-order valence-corrected chi connectivity index (χ4v) is 2.80. The lowest BCUT2D eigenvalue weighted by Crippen LogP contribution is -2.20. The fourth-order valence-electron chi connectivity index (χ4n) is 2.06. The van der Waals surface area contributed by atoms with E-state index < -0.39 is 10.0 Å². The molecule has 1 atom stereocenters. The molecular weight excluding hydrogens is 274 g/mol. The van der Waals surface area contributed by atoms with Crippen LogP contribution in [0.1, 0.15) is 40.0 Å². The summed E-state index contributed by atoms with van der Waals surface area (Å²) in [6.45, 7) is 6.41. The van der Waals surface area contributed by atoms with Crippen LogP contribution in [0.25, 0.3) is 0 Å². The SMILES string of the molecule is CC(C)CCCC(C)Nc1ccc(N)cc1S(N)(=O)=O. The van der Waals surface area contributed by atoms with Crippen molar-refractivity contribution < 1.29 is 8.42 Å². The topological polar surface area (TPSA) is 98.2 Å². The van der Waals surface area contributed by atoms with E-state index in [0.29, 0.717) is 17.3 Å². The quantitative estimate of drug-likeness (QED) is 0.674. The van der Waals surface area contributed by atoms with Gasteiger partial charge in [0.2, 0.25) is 10.0 Å². The molecule has 0 saturated heterocycles. The summed E-state index contributed by atoms with van der Waals surface area (Å²) in [4.78, 5) is 0.0493. The Balaban J connectivity index is 2.77. The molecule has 0 fully saturated rings. The molecule has 5 N–H and O–H groups in total. The maximum absolute atomic E-state index is 11.6. The number of hydrogen-bond acceptors (Lipinski definition) is 4. The highest BCUT2D eigenvalue weighted by molar-refractivity contribution is 7.89. The second kappa shape index (κ2) is 6.95. The van der Waals surface area contributed by atoms with Gasteiger partial charge in [0, 0.05) is 11.7 Å². The van der Waals surface area contributed by atoms with Crippen molar-refractivity contribution in [2.45, 2.75) is 51.0 Å². The van der Waals surface area contributed by atoms with Crippen LogP contribution in [-0.4, -0.2) is 14.5 Å². The number of benzene rings is 1. The third-order valence-corrected chi connectivity index (χ3v) is 4.08. The van der Waals surface area contributed by atoms with Gasteiger partial charge in [0.15, 0.2) is 0 Å². The van der Waals surface area contributed by atoms with Crippen molar-refractivity contribution in [1.82, 2.24) is 0 Å². The van der Waals surface area contributed by atoms with E-state index in [1.807, 2.05) is 6.92 Å². The zero-order valence-electron chi connectivity index (χ0n) is 12.4. The van der Waals surface area contributed by atoms with Gasteiger partial charge < -0.3 is 11.1 Å². The Morgan fingerprint density at radius 3 is 2.40 bits per heavy atom. The number of rotatable bonds is 7. The Hall–Kier alpha value is -1.27. The molecular formula is C14H25N3O2S.